The molecule has 3 nitrogen and oxygen atoms in total. The molecule has 0 saturated heterocycles. The number of halogens is 1. The van der Waals surface area contributed by atoms with Gasteiger partial charge in [0.05, 0.1) is 0 Å². The van der Waals surface area contributed by atoms with E-state index in [0.29, 0.717) is 12.3 Å². The van der Waals surface area contributed by atoms with Crippen LogP contribution in [0.15, 0.2) is 11.6 Å². The molecule has 0 bridgehead atoms. The van der Waals surface area contributed by atoms with E-state index >= 15 is 0 Å². The van der Waals surface area contributed by atoms with Gasteiger partial charge in [-0.15, -0.1) is 12.4 Å². The van der Waals surface area contributed by atoms with Crippen LogP contribution in [-0.2, 0) is 4.79 Å². The summed E-state index contributed by atoms with van der Waals surface area (Å²) in [4.78, 5) is 11.6. The van der Waals surface area contributed by atoms with E-state index in [2.05, 4.69) is 30.6 Å². The molecule has 1 amide bonds. The molecule has 0 radical (unpaired) electrons. The molecule has 0 fully saturated rings. The van der Waals surface area contributed by atoms with Crippen LogP contribution in [0.1, 0.15) is 39.5 Å². The van der Waals surface area contributed by atoms with Gasteiger partial charge in [0.15, 0.2) is 0 Å². The lowest BCUT2D eigenvalue weighted by Crippen LogP contribution is -2.30. The Bertz CT molecular complexity index is 254. The highest BCUT2D eigenvalue weighted by atomic mass is 35.5. The van der Waals surface area contributed by atoms with E-state index in [4.69, 9.17) is 0 Å². The first-order valence-electron chi connectivity index (χ1n) is 6.37. The largest absolute Gasteiger partial charge is 0.352 e. The van der Waals surface area contributed by atoms with E-state index in [1.807, 2.05) is 0 Å². The molecule has 100 valence electrons. The maximum Gasteiger partial charge on any atom is 0.220 e. The molecule has 0 aromatic carbocycles. The minimum atomic E-state index is 0. The molecule has 1 unspecified atom stereocenters. The molecule has 0 spiro atoms. The van der Waals surface area contributed by atoms with Crippen molar-refractivity contribution >= 4 is 18.3 Å². The third-order valence-corrected chi connectivity index (χ3v) is 2.99. The Balaban J connectivity index is 0.00000256. The van der Waals surface area contributed by atoms with Crippen molar-refractivity contribution in [2.75, 3.05) is 19.6 Å². The lowest BCUT2D eigenvalue weighted by atomic mass is 10.0. The minimum absolute atomic E-state index is 0. The SMILES string of the molecule is CCCC(C)CC(=O)NCC1=CCNCC1.Cl. The monoisotopic (exact) mass is 260 g/mol. The number of carbonyl (C=O) groups is 1. The van der Waals surface area contributed by atoms with Crippen LogP contribution in [0.3, 0.4) is 0 Å². The molecular formula is C13H25ClN2O. The molecule has 0 saturated carbocycles. The second kappa shape index (κ2) is 9.49. The Morgan fingerprint density at radius 3 is 2.94 bits per heavy atom. The molecular weight excluding hydrogens is 236 g/mol. The second-order valence-corrected chi connectivity index (χ2v) is 4.69. The van der Waals surface area contributed by atoms with E-state index in [-0.39, 0.29) is 18.3 Å². The van der Waals surface area contributed by atoms with E-state index in [9.17, 15) is 4.79 Å². The Morgan fingerprint density at radius 2 is 2.35 bits per heavy atom. The summed E-state index contributed by atoms with van der Waals surface area (Å²) in [7, 11) is 0. The molecule has 0 aromatic heterocycles. The fourth-order valence-electron chi connectivity index (χ4n) is 2.03. The second-order valence-electron chi connectivity index (χ2n) is 4.69. The summed E-state index contributed by atoms with van der Waals surface area (Å²) >= 11 is 0. The molecule has 1 atom stereocenters. The first-order valence-corrected chi connectivity index (χ1v) is 6.37. The summed E-state index contributed by atoms with van der Waals surface area (Å²) in [5.74, 6) is 0.701. The quantitative estimate of drug-likeness (QED) is 0.720. The molecule has 17 heavy (non-hydrogen) atoms. The summed E-state index contributed by atoms with van der Waals surface area (Å²) < 4.78 is 0. The zero-order valence-electron chi connectivity index (χ0n) is 10.9. The van der Waals surface area contributed by atoms with Crippen molar-refractivity contribution in [2.45, 2.75) is 39.5 Å². The van der Waals surface area contributed by atoms with Crippen molar-refractivity contribution in [3.63, 3.8) is 0 Å². The van der Waals surface area contributed by atoms with Gasteiger partial charge in [0.25, 0.3) is 0 Å². The van der Waals surface area contributed by atoms with Crippen molar-refractivity contribution < 1.29 is 4.79 Å². The van der Waals surface area contributed by atoms with Gasteiger partial charge in [-0.25, -0.2) is 0 Å². The van der Waals surface area contributed by atoms with Crippen molar-refractivity contribution in [1.82, 2.24) is 10.6 Å². The maximum absolute atomic E-state index is 11.6. The van der Waals surface area contributed by atoms with E-state index in [1.165, 1.54) is 5.57 Å². The van der Waals surface area contributed by atoms with E-state index in [0.717, 1.165) is 38.9 Å². The highest BCUT2D eigenvalue weighted by molar-refractivity contribution is 5.85. The highest BCUT2D eigenvalue weighted by Crippen LogP contribution is 2.09. The Morgan fingerprint density at radius 1 is 1.59 bits per heavy atom. The van der Waals surface area contributed by atoms with E-state index < -0.39 is 0 Å². The zero-order chi connectivity index (χ0) is 11.8. The lowest BCUT2D eigenvalue weighted by molar-refractivity contribution is -0.121. The van der Waals surface area contributed by atoms with Crippen LogP contribution in [0, 0.1) is 5.92 Å². The molecule has 1 aliphatic heterocycles. The van der Waals surface area contributed by atoms with Gasteiger partial charge in [-0.3, -0.25) is 4.79 Å². The molecule has 1 aliphatic rings. The van der Waals surface area contributed by atoms with Gasteiger partial charge in [-0.2, -0.15) is 0 Å². The first kappa shape index (κ1) is 16.5. The van der Waals surface area contributed by atoms with Crippen molar-refractivity contribution in [3.05, 3.63) is 11.6 Å². The molecule has 0 aromatic rings. The van der Waals surface area contributed by atoms with Gasteiger partial charge in [0.1, 0.15) is 0 Å². The van der Waals surface area contributed by atoms with Gasteiger partial charge in [0, 0.05) is 19.5 Å². The van der Waals surface area contributed by atoms with Crippen LogP contribution < -0.4 is 10.6 Å². The third-order valence-electron chi connectivity index (χ3n) is 2.99. The van der Waals surface area contributed by atoms with Gasteiger partial charge in [-0.05, 0) is 18.9 Å². The van der Waals surface area contributed by atoms with Gasteiger partial charge < -0.3 is 10.6 Å². The predicted molar refractivity (Wildman–Crippen MR) is 74.5 cm³/mol. The van der Waals surface area contributed by atoms with Crippen molar-refractivity contribution in [1.29, 1.82) is 0 Å². The topological polar surface area (TPSA) is 41.1 Å². The van der Waals surface area contributed by atoms with Crippen LogP contribution in [0.4, 0.5) is 0 Å². The summed E-state index contributed by atoms with van der Waals surface area (Å²) in [6.45, 7) is 7.02. The minimum Gasteiger partial charge on any atom is -0.352 e. The number of hydrogen-bond donors (Lipinski definition) is 2. The number of carbonyl (C=O) groups excluding carboxylic acids is 1. The highest BCUT2D eigenvalue weighted by Gasteiger charge is 2.09. The van der Waals surface area contributed by atoms with Crippen LogP contribution in [0.2, 0.25) is 0 Å². The fourth-order valence-corrected chi connectivity index (χ4v) is 2.03. The van der Waals surface area contributed by atoms with Crippen LogP contribution >= 0.6 is 12.4 Å². The normalized spacial score (nSPS) is 16.7. The Kier molecular flexibility index (Phi) is 9.18. The molecule has 1 heterocycles. The van der Waals surface area contributed by atoms with Gasteiger partial charge >= 0.3 is 0 Å². The van der Waals surface area contributed by atoms with Gasteiger partial charge in [-0.1, -0.05) is 38.3 Å². The summed E-state index contributed by atoms with van der Waals surface area (Å²) in [6, 6.07) is 0. The zero-order valence-corrected chi connectivity index (χ0v) is 11.7. The standard InChI is InChI=1S/C13H24N2O.ClH/c1-3-4-11(2)9-13(16)15-10-12-5-7-14-8-6-12;/h5,11,14H,3-4,6-10H2,1-2H3,(H,15,16);1H. The van der Waals surface area contributed by atoms with Crippen LogP contribution in [0.5, 0.6) is 0 Å². The van der Waals surface area contributed by atoms with Crippen molar-refractivity contribution in [3.8, 4) is 0 Å². The van der Waals surface area contributed by atoms with Crippen LogP contribution in [-0.4, -0.2) is 25.5 Å². The predicted octanol–water partition coefficient (Wildman–Crippen LogP) is 2.27. The average Bonchev–Trinajstić information content (AvgIpc) is 2.28. The number of nitrogens with one attached hydrogen (secondary N) is 2. The first-order chi connectivity index (χ1) is 7.72. The van der Waals surface area contributed by atoms with E-state index in [1.54, 1.807) is 0 Å². The molecule has 4 heteroatoms. The molecule has 0 aliphatic carbocycles. The maximum atomic E-state index is 11.6. The summed E-state index contributed by atoms with van der Waals surface area (Å²) in [5.41, 5.74) is 1.36. The van der Waals surface area contributed by atoms with Gasteiger partial charge in [0.2, 0.25) is 5.91 Å². The molecule has 1 rings (SSSR count). The summed E-state index contributed by atoms with van der Waals surface area (Å²) in [6.07, 6.45) is 6.20. The summed E-state index contributed by atoms with van der Waals surface area (Å²) in [5, 5.41) is 6.27. The number of amides is 1. The van der Waals surface area contributed by atoms with Crippen molar-refractivity contribution in [2.24, 2.45) is 5.92 Å². The van der Waals surface area contributed by atoms with Crippen LogP contribution in [0.25, 0.3) is 0 Å². The third kappa shape index (κ3) is 7.40. The Labute approximate surface area is 111 Å². The fraction of sp³-hybridized carbons (Fsp3) is 0.769. The Hall–Kier alpha value is -0.540. The average molecular weight is 261 g/mol. The smallest absolute Gasteiger partial charge is 0.220 e. The number of hydrogen-bond acceptors (Lipinski definition) is 2. The lowest BCUT2D eigenvalue weighted by Gasteiger charge is -2.15. The molecule has 2 N–H and O–H groups in total. The number of rotatable bonds is 6.